The Labute approximate surface area is 157 Å². The van der Waals surface area contributed by atoms with Crippen LogP contribution in [0.25, 0.3) is 11.4 Å². The second-order valence-corrected chi connectivity index (χ2v) is 6.63. The summed E-state index contributed by atoms with van der Waals surface area (Å²) in [6.45, 7) is 2.97. The average Bonchev–Trinajstić information content (AvgIpc) is 2.72. The highest BCUT2D eigenvalue weighted by atomic mass is 16.5. The maximum atomic E-state index is 12.6. The minimum atomic E-state index is -0.163. The number of nitrogens with zero attached hydrogens (tertiary/aromatic N) is 3. The van der Waals surface area contributed by atoms with E-state index in [9.17, 15) is 4.79 Å². The third-order valence-electron chi connectivity index (χ3n) is 4.65. The van der Waals surface area contributed by atoms with Crippen LogP contribution in [0.2, 0.25) is 0 Å². The topological polar surface area (TPSA) is 77.0 Å². The fourth-order valence-corrected chi connectivity index (χ4v) is 3.18. The van der Waals surface area contributed by atoms with E-state index >= 15 is 0 Å². The maximum absolute atomic E-state index is 12.6. The summed E-state index contributed by atoms with van der Waals surface area (Å²) in [4.78, 5) is 25.4. The number of aryl methyl sites for hydroxylation is 1. The summed E-state index contributed by atoms with van der Waals surface area (Å²) in [5.74, 6) is 1.59. The van der Waals surface area contributed by atoms with Gasteiger partial charge < -0.3 is 10.1 Å². The lowest BCUT2D eigenvalue weighted by atomic mass is 9.96. The van der Waals surface area contributed by atoms with Gasteiger partial charge in [-0.15, -0.1) is 0 Å². The molecule has 6 heteroatoms. The molecule has 6 nitrogen and oxygen atoms in total. The highest BCUT2D eigenvalue weighted by Crippen LogP contribution is 2.26. The van der Waals surface area contributed by atoms with Crippen LogP contribution in [0.5, 0.6) is 5.75 Å². The Kier molecular flexibility index (Phi) is 4.78. The van der Waals surface area contributed by atoms with Crippen molar-refractivity contribution in [2.75, 3.05) is 13.2 Å². The summed E-state index contributed by atoms with van der Waals surface area (Å²) in [5, 5.41) is 2.99. The number of fused-ring (bicyclic) bond motifs is 1. The first-order valence-corrected chi connectivity index (χ1v) is 8.93. The van der Waals surface area contributed by atoms with Crippen LogP contribution in [0.15, 0.2) is 55.0 Å². The molecule has 2 aromatic heterocycles. The van der Waals surface area contributed by atoms with Crippen molar-refractivity contribution in [2.24, 2.45) is 5.92 Å². The van der Waals surface area contributed by atoms with E-state index in [0.29, 0.717) is 30.2 Å². The van der Waals surface area contributed by atoms with Crippen molar-refractivity contribution < 1.29 is 9.53 Å². The number of carbonyl (C=O) groups excluding carboxylic acids is 1. The van der Waals surface area contributed by atoms with Gasteiger partial charge >= 0.3 is 0 Å². The van der Waals surface area contributed by atoms with E-state index in [4.69, 9.17) is 4.74 Å². The predicted octanol–water partition coefficient (Wildman–Crippen LogP) is 2.83. The molecular weight excluding hydrogens is 340 g/mol. The third-order valence-corrected chi connectivity index (χ3v) is 4.65. The zero-order valence-corrected chi connectivity index (χ0v) is 15.1. The first kappa shape index (κ1) is 17.1. The number of nitrogens with one attached hydrogen (secondary N) is 1. The van der Waals surface area contributed by atoms with Crippen LogP contribution in [0.1, 0.15) is 21.6 Å². The Morgan fingerprint density at radius 3 is 2.93 bits per heavy atom. The number of hydrogen-bond donors (Lipinski definition) is 1. The fourth-order valence-electron chi connectivity index (χ4n) is 3.18. The summed E-state index contributed by atoms with van der Waals surface area (Å²) in [5.41, 5.74) is 3.14. The number of hydrogen-bond acceptors (Lipinski definition) is 5. The van der Waals surface area contributed by atoms with Crippen molar-refractivity contribution in [2.45, 2.75) is 13.3 Å². The molecule has 0 saturated carbocycles. The Morgan fingerprint density at radius 2 is 2.11 bits per heavy atom. The molecule has 0 aliphatic carbocycles. The molecule has 1 unspecified atom stereocenters. The largest absolute Gasteiger partial charge is 0.493 e. The van der Waals surface area contributed by atoms with Gasteiger partial charge in [0.25, 0.3) is 5.91 Å². The predicted molar refractivity (Wildman–Crippen MR) is 101 cm³/mol. The summed E-state index contributed by atoms with van der Waals surface area (Å²) in [6, 6.07) is 11.8. The first-order valence-electron chi connectivity index (χ1n) is 8.93. The van der Waals surface area contributed by atoms with Crippen LogP contribution in [0.3, 0.4) is 0 Å². The van der Waals surface area contributed by atoms with E-state index in [0.717, 1.165) is 17.7 Å². The molecule has 0 saturated heterocycles. The zero-order valence-electron chi connectivity index (χ0n) is 15.1. The molecule has 0 bridgehead atoms. The average molecular weight is 360 g/mol. The van der Waals surface area contributed by atoms with Gasteiger partial charge in [-0.25, -0.2) is 9.97 Å². The standard InChI is InChI=1S/C21H20N4O2/c1-14-18(12-23-20(25-14)17-6-4-8-22-11-17)21(26)24-10-15-9-16-5-2-3-7-19(16)27-13-15/h2-8,11-12,15H,9-10,13H2,1H3,(H,24,26). The minimum Gasteiger partial charge on any atom is -0.493 e. The van der Waals surface area contributed by atoms with Gasteiger partial charge in [-0.3, -0.25) is 9.78 Å². The second-order valence-electron chi connectivity index (χ2n) is 6.63. The zero-order chi connectivity index (χ0) is 18.6. The van der Waals surface area contributed by atoms with Crippen molar-refractivity contribution in [1.82, 2.24) is 20.3 Å². The van der Waals surface area contributed by atoms with Gasteiger partial charge in [-0.1, -0.05) is 18.2 Å². The molecule has 0 spiro atoms. The molecule has 0 fully saturated rings. The van der Waals surface area contributed by atoms with Crippen LogP contribution < -0.4 is 10.1 Å². The van der Waals surface area contributed by atoms with Gasteiger partial charge in [0, 0.05) is 36.6 Å². The first-order chi connectivity index (χ1) is 13.2. The fraction of sp³-hybridized carbons (Fsp3) is 0.238. The normalized spacial score (nSPS) is 15.5. The van der Waals surface area contributed by atoms with E-state index in [1.54, 1.807) is 18.6 Å². The van der Waals surface area contributed by atoms with E-state index in [-0.39, 0.29) is 11.8 Å². The van der Waals surface area contributed by atoms with E-state index < -0.39 is 0 Å². The summed E-state index contributed by atoms with van der Waals surface area (Å²) in [6.07, 6.45) is 5.87. The van der Waals surface area contributed by atoms with Crippen LogP contribution in [0.4, 0.5) is 0 Å². The molecule has 0 radical (unpaired) electrons. The highest BCUT2D eigenvalue weighted by molar-refractivity contribution is 5.95. The molecule has 4 rings (SSSR count). The monoisotopic (exact) mass is 360 g/mol. The van der Waals surface area contributed by atoms with Crippen molar-refractivity contribution in [3.05, 3.63) is 71.8 Å². The molecule has 1 aliphatic heterocycles. The number of ether oxygens (including phenoxy) is 1. The lowest BCUT2D eigenvalue weighted by Crippen LogP contribution is -2.35. The Balaban J connectivity index is 1.40. The van der Waals surface area contributed by atoms with E-state index in [1.807, 2.05) is 37.3 Å². The van der Waals surface area contributed by atoms with Gasteiger partial charge in [0.05, 0.1) is 17.9 Å². The SMILES string of the molecule is Cc1nc(-c2cccnc2)ncc1C(=O)NCC1COc2ccccc2C1. The van der Waals surface area contributed by atoms with Gasteiger partial charge in [0.2, 0.25) is 0 Å². The quantitative estimate of drug-likeness (QED) is 0.774. The number of aromatic nitrogens is 3. The molecule has 1 amide bonds. The van der Waals surface area contributed by atoms with E-state index in [2.05, 4.69) is 26.3 Å². The Hall–Kier alpha value is -3.28. The second kappa shape index (κ2) is 7.53. The van der Waals surface area contributed by atoms with Crippen LogP contribution in [-0.2, 0) is 6.42 Å². The van der Waals surface area contributed by atoms with Gasteiger partial charge in [-0.05, 0) is 37.1 Å². The number of benzene rings is 1. The number of pyridine rings is 1. The van der Waals surface area contributed by atoms with Crippen LogP contribution in [-0.4, -0.2) is 34.0 Å². The molecule has 27 heavy (non-hydrogen) atoms. The highest BCUT2D eigenvalue weighted by Gasteiger charge is 2.21. The lowest BCUT2D eigenvalue weighted by molar-refractivity contribution is 0.0937. The molecule has 3 heterocycles. The molecule has 3 aromatic rings. The molecule has 1 N–H and O–H groups in total. The summed E-state index contributed by atoms with van der Waals surface area (Å²) < 4.78 is 5.78. The van der Waals surface area contributed by atoms with Gasteiger partial charge in [0.1, 0.15) is 5.75 Å². The number of amides is 1. The van der Waals surface area contributed by atoms with Crippen LogP contribution in [0, 0.1) is 12.8 Å². The van der Waals surface area contributed by atoms with E-state index in [1.165, 1.54) is 5.56 Å². The molecule has 1 aliphatic rings. The molecule has 1 atom stereocenters. The Bertz CT molecular complexity index is 959. The summed E-state index contributed by atoms with van der Waals surface area (Å²) in [7, 11) is 0. The third kappa shape index (κ3) is 3.79. The smallest absolute Gasteiger partial charge is 0.254 e. The Morgan fingerprint density at radius 1 is 1.22 bits per heavy atom. The number of para-hydroxylation sites is 1. The van der Waals surface area contributed by atoms with Crippen LogP contribution >= 0.6 is 0 Å². The molecule has 1 aromatic carbocycles. The molecular formula is C21H20N4O2. The van der Waals surface area contributed by atoms with Crippen molar-refractivity contribution in [3.63, 3.8) is 0 Å². The van der Waals surface area contributed by atoms with Crippen molar-refractivity contribution >= 4 is 5.91 Å². The minimum absolute atomic E-state index is 0.163. The maximum Gasteiger partial charge on any atom is 0.254 e. The lowest BCUT2D eigenvalue weighted by Gasteiger charge is -2.25. The number of rotatable bonds is 4. The van der Waals surface area contributed by atoms with Crippen molar-refractivity contribution in [1.29, 1.82) is 0 Å². The van der Waals surface area contributed by atoms with Gasteiger partial charge in [0.15, 0.2) is 5.82 Å². The molecule has 136 valence electrons. The summed E-state index contributed by atoms with van der Waals surface area (Å²) >= 11 is 0. The number of carbonyl (C=O) groups is 1. The van der Waals surface area contributed by atoms with Gasteiger partial charge in [-0.2, -0.15) is 0 Å². The van der Waals surface area contributed by atoms with Crippen molar-refractivity contribution in [3.8, 4) is 17.1 Å².